The molecule has 0 aliphatic rings. The minimum atomic E-state index is -3.74. The van der Waals surface area contributed by atoms with Crippen LogP contribution in [0.25, 0.3) is 11.0 Å². The summed E-state index contributed by atoms with van der Waals surface area (Å²) in [4.78, 5) is 4.80. The summed E-state index contributed by atoms with van der Waals surface area (Å²) in [7, 11) is -3.74. The van der Waals surface area contributed by atoms with Crippen LogP contribution in [-0.4, -0.2) is 18.0 Å². The lowest BCUT2D eigenvalue weighted by Crippen LogP contribution is -2.11. The minimum absolute atomic E-state index is 0.0981. The predicted octanol–water partition coefficient (Wildman–Crippen LogP) is 4.90. The maximum Gasteiger partial charge on any atom is 0.238 e. The first-order valence-corrected chi connectivity index (χ1v) is 12.1. The van der Waals surface area contributed by atoms with E-state index in [2.05, 4.69) is 49.6 Å². The Morgan fingerprint density at radius 1 is 1.14 bits per heavy atom. The Hall–Kier alpha value is -1.83. The van der Waals surface area contributed by atoms with Gasteiger partial charge in [-0.2, -0.15) is 0 Å². The van der Waals surface area contributed by atoms with Gasteiger partial charge in [-0.15, -0.1) is 0 Å². The first kappa shape index (κ1) is 20.9. The van der Waals surface area contributed by atoms with Gasteiger partial charge in [0, 0.05) is 12.3 Å². The van der Waals surface area contributed by atoms with E-state index in [0.29, 0.717) is 11.4 Å². The summed E-state index contributed by atoms with van der Waals surface area (Å²) in [6, 6.07) is 13.6. The SMILES string of the molecule is CCCCn1c(SCc2ccc(C(C)C)cc2)nc2cc(S(N)(=O)=O)ccc21. The molecule has 0 atom stereocenters. The first-order valence-electron chi connectivity index (χ1n) is 9.54. The molecule has 0 saturated heterocycles. The molecule has 0 unspecified atom stereocenters. The Bertz CT molecular complexity index is 1060. The van der Waals surface area contributed by atoms with Gasteiger partial charge in [0.2, 0.25) is 10.0 Å². The number of hydrogen-bond acceptors (Lipinski definition) is 4. The Kier molecular flexibility index (Phi) is 6.47. The van der Waals surface area contributed by atoms with Gasteiger partial charge >= 0.3 is 0 Å². The van der Waals surface area contributed by atoms with Crippen molar-refractivity contribution in [3.63, 3.8) is 0 Å². The summed E-state index contributed by atoms with van der Waals surface area (Å²) in [6.07, 6.45) is 2.12. The van der Waals surface area contributed by atoms with Crippen LogP contribution in [0.15, 0.2) is 52.5 Å². The average Bonchev–Trinajstić information content (AvgIpc) is 3.01. The third-order valence-electron chi connectivity index (χ3n) is 4.76. The number of nitrogens with two attached hydrogens (primary N) is 1. The van der Waals surface area contributed by atoms with Crippen molar-refractivity contribution in [3.05, 3.63) is 53.6 Å². The highest BCUT2D eigenvalue weighted by atomic mass is 32.2. The van der Waals surface area contributed by atoms with Gasteiger partial charge in [0.05, 0.1) is 15.9 Å². The van der Waals surface area contributed by atoms with Crippen molar-refractivity contribution < 1.29 is 8.42 Å². The van der Waals surface area contributed by atoms with Crippen molar-refractivity contribution in [1.29, 1.82) is 0 Å². The van der Waals surface area contributed by atoms with E-state index in [1.807, 2.05) is 0 Å². The summed E-state index contributed by atoms with van der Waals surface area (Å²) < 4.78 is 25.5. The average molecular weight is 418 g/mol. The van der Waals surface area contributed by atoms with Crippen LogP contribution in [0.5, 0.6) is 0 Å². The largest absolute Gasteiger partial charge is 0.319 e. The van der Waals surface area contributed by atoms with E-state index in [1.54, 1.807) is 30.0 Å². The molecule has 0 amide bonds. The summed E-state index contributed by atoms with van der Waals surface area (Å²) in [6.45, 7) is 7.39. The summed E-state index contributed by atoms with van der Waals surface area (Å²) in [5.41, 5.74) is 4.19. The third kappa shape index (κ3) is 4.77. The molecule has 3 aromatic rings. The van der Waals surface area contributed by atoms with Gasteiger partial charge in [-0.25, -0.2) is 18.5 Å². The molecular weight excluding hydrogens is 390 g/mol. The van der Waals surface area contributed by atoms with E-state index in [4.69, 9.17) is 10.1 Å². The van der Waals surface area contributed by atoms with Gasteiger partial charge in [-0.05, 0) is 41.7 Å². The van der Waals surface area contributed by atoms with Gasteiger partial charge in [0.15, 0.2) is 5.16 Å². The van der Waals surface area contributed by atoms with Crippen LogP contribution in [0.3, 0.4) is 0 Å². The number of aromatic nitrogens is 2. The van der Waals surface area contributed by atoms with E-state index in [1.165, 1.54) is 11.1 Å². The highest BCUT2D eigenvalue weighted by molar-refractivity contribution is 7.98. The van der Waals surface area contributed by atoms with E-state index < -0.39 is 10.0 Å². The maximum absolute atomic E-state index is 11.7. The van der Waals surface area contributed by atoms with E-state index in [-0.39, 0.29) is 4.90 Å². The van der Waals surface area contributed by atoms with Crippen LogP contribution in [0.2, 0.25) is 0 Å². The molecule has 5 nitrogen and oxygen atoms in total. The zero-order valence-corrected chi connectivity index (χ0v) is 18.2. The van der Waals surface area contributed by atoms with Crippen molar-refractivity contribution in [1.82, 2.24) is 9.55 Å². The number of fused-ring (bicyclic) bond motifs is 1. The number of nitrogens with zero attached hydrogens (tertiary/aromatic N) is 2. The van der Waals surface area contributed by atoms with Crippen molar-refractivity contribution in [2.75, 3.05) is 0 Å². The number of rotatable bonds is 8. The van der Waals surface area contributed by atoms with Gasteiger partial charge in [0.1, 0.15) is 0 Å². The van der Waals surface area contributed by atoms with Gasteiger partial charge < -0.3 is 4.57 Å². The molecule has 0 fully saturated rings. The fourth-order valence-corrected chi connectivity index (χ4v) is 4.58. The molecule has 0 saturated carbocycles. The number of sulfonamides is 1. The second-order valence-corrected chi connectivity index (χ2v) is 9.78. The number of thioether (sulfide) groups is 1. The number of unbranched alkanes of at least 4 members (excludes halogenated alkanes) is 1. The lowest BCUT2D eigenvalue weighted by molar-refractivity contribution is 0.597. The second kappa shape index (κ2) is 8.68. The number of hydrogen-bond donors (Lipinski definition) is 1. The van der Waals surface area contributed by atoms with E-state index in [9.17, 15) is 8.42 Å². The van der Waals surface area contributed by atoms with Crippen LogP contribution in [0, 0.1) is 0 Å². The predicted molar refractivity (Wildman–Crippen MR) is 116 cm³/mol. The fourth-order valence-electron chi connectivity index (χ4n) is 3.05. The minimum Gasteiger partial charge on any atom is -0.319 e. The Morgan fingerprint density at radius 3 is 2.46 bits per heavy atom. The Balaban J connectivity index is 1.89. The van der Waals surface area contributed by atoms with E-state index >= 15 is 0 Å². The van der Waals surface area contributed by atoms with Crippen molar-refractivity contribution >= 4 is 32.8 Å². The van der Waals surface area contributed by atoms with Crippen molar-refractivity contribution in [2.24, 2.45) is 5.14 Å². The molecule has 1 heterocycles. The van der Waals surface area contributed by atoms with Gasteiger partial charge in [0.25, 0.3) is 0 Å². The quantitative estimate of drug-likeness (QED) is 0.529. The molecule has 0 bridgehead atoms. The summed E-state index contributed by atoms with van der Waals surface area (Å²) >= 11 is 1.68. The topological polar surface area (TPSA) is 78.0 Å². The van der Waals surface area contributed by atoms with Crippen molar-refractivity contribution in [3.8, 4) is 0 Å². The summed E-state index contributed by atoms with van der Waals surface area (Å²) in [5.74, 6) is 1.34. The Labute approximate surface area is 171 Å². The molecule has 0 radical (unpaired) electrons. The third-order valence-corrected chi connectivity index (χ3v) is 6.72. The molecular formula is C21H27N3O2S2. The normalized spacial score (nSPS) is 12.2. The molecule has 1 aromatic heterocycles. The van der Waals surface area contributed by atoms with Crippen molar-refractivity contribution in [2.45, 2.75) is 61.9 Å². The van der Waals surface area contributed by atoms with Crippen LogP contribution >= 0.6 is 11.8 Å². The van der Waals surface area contributed by atoms with Crippen LogP contribution in [-0.2, 0) is 22.3 Å². The lowest BCUT2D eigenvalue weighted by atomic mass is 10.0. The molecule has 0 aliphatic carbocycles. The molecule has 0 spiro atoms. The highest BCUT2D eigenvalue weighted by Gasteiger charge is 2.15. The first-order chi connectivity index (χ1) is 13.3. The number of aryl methyl sites for hydroxylation is 1. The number of primary sulfonamides is 1. The number of imidazole rings is 1. The van der Waals surface area contributed by atoms with Gasteiger partial charge in [-0.3, -0.25) is 0 Å². The van der Waals surface area contributed by atoms with Crippen LogP contribution < -0.4 is 5.14 Å². The molecule has 28 heavy (non-hydrogen) atoms. The molecule has 3 rings (SSSR count). The summed E-state index contributed by atoms with van der Waals surface area (Å²) in [5, 5.41) is 6.18. The molecule has 7 heteroatoms. The smallest absolute Gasteiger partial charge is 0.238 e. The van der Waals surface area contributed by atoms with Crippen LogP contribution in [0.4, 0.5) is 0 Å². The highest BCUT2D eigenvalue weighted by Crippen LogP contribution is 2.29. The molecule has 0 aliphatic heterocycles. The van der Waals surface area contributed by atoms with Gasteiger partial charge in [-0.1, -0.05) is 63.2 Å². The maximum atomic E-state index is 11.7. The second-order valence-electron chi connectivity index (χ2n) is 7.28. The zero-order valence-electron chi connectivity index (χ0n) is 16.6. The molecule has 2 aromatic carbocycles. The monoisotopic (exact) mass is 417 g/mol. The zero-order chi connectivity index (χ0) is 20.3. The fraction of sp³-hybridized carbons (Fsp3) is 0.381. The van der Waals surface area contributed by atoms with E-state index in [0.717, 1.165) is 35.8 Å². The van der Waals surface area contributed by atoms with Crippen LogP contribution in [0.1, 0.15) is 50.7 Å². The molecule has 150 valence electrons. The lowest BCUT2D eigenvalue weighted by Gasteiger charge is -2.09. The standard InChI is InChI=1S/C21H27N3O2S2/c1-4-5-12-24-20-11-10-18(28(22,25)26)13-19(20)23-21(24)27-14-16-6-8-17(9-7-16)15(2)3/h6-11,13,15H,4-5,12,14H2,1-3H3,(H2,22,25,26). The molecule has 2 N–H and O–H groups in total. The Morgan fingerprint density at radius 2 is 1.86 bits per heavy atom. The number of benzene rings is 2.